The van der Waals surface area contributed by atoms with Gasteiger partial charge in [-0.25, -0.2) is 4.39 Å². The molecule has 3 aromatic rings. The molecule has 0 atom stereocenters. The van der Waals surface area contributed by atoms with Crippen molar-refractivity contribution in [3.8, 4) is 0 Å². The number of halogens is 1. The monoisotopic (exact) mass is 438 g/mol. The van der Waals surface area contributed by atoms with Crippen LogP contribution in [0.3, 0.4) is 0 Å². The third-order valence-corrected chi connectivity index (χ3v) is 5.31. The molecule has 0 aliphatic heterocycles. The van der Waals surface area contributed by atoms with Gasteiger partial charge in [-0.15, -0.1) is 0 Å². The van der Waals surface area contributed by atoms with Gasteiger partial charge in [0.2, 0.25) is 11.8 Å². The van der Waals surface area contributed by atoms with Crippen molar-refractivity contribution >= 4 is 22.8 Å². The number of nitrogens with zero attached hydrogens (tertiary/aromatic N) is 2. The number of benzene rings is 2. The summed E-state index contributed by atoms with van der Waals surface area (Å²) in [6, 6.07) is 12.8. The van der Waals surface area contributed by atoms with E-state index in [1.165, 1.54) is 35.1 Å². The smallest absolute Gasteiger partial charge is 0.242 e. The van der Waals surface area contributed by atoms with E-state index in [-0.39, 0.29) is 42.7 Å². The van der Waals surface area contributed by atoms with Gasteiger partial charge in [0.1, 0.15) is 11.4 Å². The van der Waals surface area contributed by atoms with Crippen molar-refractivity contribution in [2.45, 2.75) is 39.8 Å². The molecule has 0 bridgehead atoms. The third-order valence-electron chi connectivity index (χ3n) is 5.31. The summed E-state index contributed by atoms with van der Waals surface area (Å²) in [7, 11) is 0. The van der Waals surface area contributed by atoms with Crippen LogP contribution in [0.25, 0.3) is 11.0 Å². The van der Waals surface area contributed by atoms with E-state index in [0.29, 0.717) is 28.6 Å². The number of unbranched alkanes of at least 4 members (excludes halogenated alkanes) is 1. The van der Waals surface area contributed by atoms with Crippen molar-refractivity contribution in [1.82, 2.24) is 9.80 Å². The molecular weight excluding hydrogens is 411 g/mol. The molecule has 0 aliphatic carbocycles. The lowest BCUT2D eigenvalue weighted by atomic mass is 10.1. The summed E-state index contributed by atoms with van der Waals surface area (Å²) in [4.78, 5) is 41.2. The Balaban J connectivity index is 1.88. The van der Waals surface area contributed by atoms with Gasteiger partial charge in [-0.3, -0.25) is 14.4 Å². The first-order valence-electron chi connectivity index (χ1n) is 10.7. The van der Waals surface area contributed by atoms with Crippen LogP contribution in [0.5, 0.6) is 0 Å². The second-order valence-corrected chi connectivity index (χ2v) is 7.76. The van der Waals surface area contributed by atoms with E-state index in [0.717, 1.165) is 12.8 Å². The SMILES string of the molecule is CCCCN(CC(=O)N(Cc1ccc(F)cc1)Cc1coc2ccccc2c1=O)C(C)=O. The second kappa shape index (κ2) is 10.7. The molecule has 0 radical (unpaired) electrons. The van der Waals surface area contributed by atoms with E-state index in [1.54, 1.807) is 36.4 Å². The van der Waals surface area contributed by atoms with Crippen LogP contribution >= 0.6 is 0 Å². The Morgan fingerprint density at radius 3 is 2.41 bits per heavy atom. The van der Waals surface area contributed by atoms with Crippen molar-refractivity contribution in [3.63, 3.8) is 0 Å². The average molecular weight is 438 g/mol. The fourth-order valence-electron chi connectivity index (χ4n) is 3.44. The molecule has 168 valence electrons. The van der Waals surface area contributed by atoms with Crippen molar-refractivity contribution in [2.75, 3.05) is 13.1 Å². The van der Waals surface area contributed by atoms with Gasteiger partial charge in [0.25, 0.3) is 0 Å². The van der Waals surface area contributed by atoms with Crippen LogP contribution in [0.15, 0.2) is 64.0 Å². The Labute approximate surface area is 186 Å². The topological polar surface area (TPSA) is 70.8 Å². The van der Waals surface area contributed by atoms with E-state index < -0.39 is 0 Å². The fourth-order valence-corrected chi connectivity index (χ4v) is 3.44. The minimum Gasteiger partial charge on any atom is -0.464 e. The molecule has 1 heterocycles. The van der Waals surface area contributed by atoms with Gasteiger partial charge >= 0.3 is 0 Å². The van der Waals surface area contributed by atoms with Crippen molar-refractivity contribution in [2.24, 2.45) is 0 Å². The molecule has 2 amide bonds. The Bertz CT molecular complexity index is 1140. The quantitative estimate of drug-likeness (QED) is 0.504. The van der Waals surface area contributed by atoms with Crippen LogP contribution in [0, 0.1) is 5.82 Å². The minimum atomic E-state index is -0.371. The predicted octanol–water partition coefficient (Wildman–Crippen LogP) is 4.11. The van der Waals surface area contributed by atoms with E-state index in [9.17, 15) is 18.8 Å². The lowest BCUT2D eigenvalue weighted by Gasteiger charge is -2.27. The average Bonchev–Trinajstić information content (AvgIpc) is 2.79. The second-order valence-electron chi connectivity index (χ2n) is 7.76. The third kappa shape index (κ3) is 5.81. The van der Waals surface area contributed by atoms with E-state index in [2.05, 4.69) is 0 Å². The zero-order valence-electron chi connectivity index (χ0n) is 18.3. The molecular formula is C25H27FN2O4. The lowest BCUT2D eigenvalue weighted by Crippen LogP contribution is -2.42. The number of para-hydroxylation sites is 1. The van der Waals surface area contributed by atoms with Gasteiger partial charge in [0, 0.05) is 20.0 Å². The maximum atomic E-state index is 13.3. The predicted molar refractivity (Wildman–Crippen MR) is 120 cm³/mol. The molecule has 1 aromatic heterocycles. The van der Waals surface area contributed by atoms with Crippen molar-refractivity contribution in [1.29, 1.82) is 0 Å². The summed E-state index contributed by atoms with van der Waals surface area (Å²) >= 11 is 0. The molecule has 0 saturated carbocycles. The molecule has 2 aromatic carbocycles. The Morgan fingerprint density at radius 1 is 1.00 bits per heavy atom. The first kappa shape index (κ1) is 23.2. The number of fused-ring (bicyclic) bond motifs is 1. The standard InChI is InChI=1S/C25H27FN2O4/c1-3-4-13-27(18(2)29)16-24(30)28(14-19-9-11-21(26)12-10-19)15-20-17-32-23-8-6-5-7-22(23)25(20)31/h5-12,17H,3-4,13-16H2,1-2H3. The molecule has 32 heavy (non-hydrogen) atoms. The molecule has 0 N–H and O–H groups in total. The molecule has 0 unspecified atom stereocenters. The van der Waals surface area contributed by atoms with Gasteiger partial charge in [0.15, 0.2) is 5.43 Å². The number of hydrogen-bond acceptors (Lipinski definition) is 4. The summed E-state index contributed by atoms with van der Waals surface area (Å²) in [6.45, 7) is 4.04. The van der Waals surface area contributed by atoms with Gasteiger partial charge in [-0.1, -0.05) is 37.6 Å². The number of rotatable bonds is 9. The maximum Gasteiger partial charge on any atom is 0.242 e. The van der Waals surface area contributed by atoms with Crippen LogP contribution < -0.4 is 5.43 Å². The van der Waals surface area contributed by atoms with Gasteiger partial charge < -0.3 is 14.2 Å². The first-order valence-corrected chi connectivity index (χ1v) is 10.7. The van der Waals surface area contributed by atoms with Crippen LogP contribution in [0.4, 0.5) is 4.39 Å². The van der Waals surface area contributed by atoms with Gasteiger partial charge in [-0.05, 0) is 36.2 Å². The maximum absolute atomic E-state index is 13.3. The van der Waals surface area contributed by atoms with Crippen LogP contribution in [0.1, 0.15) is 37.8 Å². The van der Waals surface area contributed by atoms with Crippen LogP contribution in [-0.4, -0.2) is 34.7 Å². The number of carbonyl (C=O) groups is 2. The molecule has 0 aliphatic rings. The van der Waals surface area contributed by atoms with E-state index in [4.69, 9.17) is 4.42 Å². The highest BCUT2D eigenvalue weighted by Crippen LogP contribution is 2.15. The molecule has 6 nitrogen and oxygen atoms in total. The van der Waals surface area contributed by atoms with E-state index >= 15 is 0 Å². The van der Waals surface area contributed by atoms with Gasteiger partial charge in [-0.2, -0.15) is 0 Å². The molecule has 3 rings (SSSR count). The Kier molecular flexibility index (Phi) is 7.76. The fraction of sp³-hybridized carbons (Fsp3) is 0.320. The number of hydrogen-bond donors (Lipinski definition) is 0. The van der Waals surface area contributed by atoms with Crippen LogP contribution in [-0.2, 0) is 22.7 Å². The molecule has 7 heteroatoms. The molecule has 0 fully saturated rings. The zero-order valence-corrected chi connectivity index (χ0v) is 18.3. The Hall–Kier alpha value is -3.48. The highest BCUT2D eigenvalue weighted by molar-refractivity contribution is 5.84. The molecule has 0 spiro atoms. The summed E-state index contributed by atoms with van der Waals surface area (Å²) < 4.78 is 18.9. The summed E-state index contributed by atoms with van der Waals surface area (Å²) in [5, 5.41) is 0.437. The molecule has 0 saturated heterocycles. The van der Waals surface area contributed by atoms with Crippen molar-refractivity contribution in [3.05, 3.63) is 82.0 Å². The van der Waals surface area contributed by atoms with Crippen LogP contribution in [0.2, 0.25) is 0 Å². The zero-order chi connectivity index (χ0) is 23.1. The summed E-state index contributed by atoms with van der Waals surface area (Å²) in [6.07, 6.45) is 3.06. The van der Waals surface area contributed by atoms with Gasteiger partial charge in [0.05, 0.1) is 30.3 Å². The highest BCUT2D eigenvalue weighted by Gasteiger charge is 2.21. The number of amides is 2. The summed E-state index contributed by atoms with van der Waals surface area (Å²) in [5.41, 5.74) is 1.31. The lowest BCUT2D eigenvalue weighted by molar-refractivity contribution is -0.140. The highest BCUT2D eigenvalue weighted by atomic mass is 19.1. The van der Waals surface area contributed by atoms with Crippen molar-refractivity contribution < 1.29 is 18.4 Å². The minimum absolute atomic E-state index is 0.0168. The first-order chi connectivity index (χ1) is 15.4. The Morgan fingerprint density at radius 2 is 1.72 bits per heavy atom. The number of carbonyl (C=O) groups excluding carboxylic acids is 2. The largest absolute Gasteiger partial charge is 0.464 e. The normalized spacial score (nSPS) is 10.8. The van der Waals surface area contributed by atoms with E-state index in [1.807, 2.05) is 6.92 Å². The summed E-state index contributed by atoms with van der Waals surface area (Å²) in [5.74, 6) is -0.851.